The zero-order valence-corrected chi connectivity index (χ0v) is 12.2. The minimum absolute atomic E-state index is 0.253. The molecule has 0 amide bonds. The van der Waals surface area contributed by atoms with E-state index in [4.69, 9.17) is 14.6 Å². The fourth-order valence-electron chi connectivity index (χ4n) is 5.03. The van der Waals surface area contributed by atoms with Gasteiger partial charge in [0.25, 0.3) is 0 Å². The van der Waals surface area contributed by atoms with E-state index in [0.29, 0.717) is 19.3 Å². The van der Waals surface area contributed by atoms with Crippen LogP contribution in [0, 0.1) is 0 Å². The first-order valence-corrected chi connectivity index (χ1v) is 7.21. The SMILES string of the molecule is C=C(C)C(=O)OC12CC3(O)CC(O)(CC(OCO)(C3)C1)C2. The lowest BCUT2D eigenvalue weighted by atomic mass is 9.48. The van der Waals surface area contributed by atoms with Gasteiger partial charge in [-0.2, -0.15) is 0 Å². The largest absolute Gasteiger partial charge is 0.455 e. The molecular formula is C15H22O6. The number of aliphatic hydroxyl groups excluding tert-OH is 1. The van der Waals surface area contributed by atoms with Gasteiger partial charge in [-0.3, -0.25) is 0 Å². The molecule has 4 aliphatic rings. The summed E-state index contributed by atoms with van der Waals surface area (Å²) in [5, 5.41) is 30.6. The summed E-state index contributed by atoms with van der Waals surface area (Å²) in [4.78, 5) is 11.9. The van der Waals surface area contributed by atoms with E-state index in [-0.39, 0.29) is 24.8 Å². The Balaban J connectivity index is 1.95. The van der Waals surface area contributed by atoms with Crippen LogP contribution in [0.15, 0.2) is 12.2 Å². The van der Waals surface area contributed by atoms with E-state index < -0.39 is 35.2 Å². The number of carbonyl (C=O) groups is 1. The quantitative estimate of drug-likeness (QED) is 0.395. The summed E-state index contributed by atoms with van der Waals surface area (Å²) in [6.07, 6.45) is 1.90. The van der Waals surface area contributed by atoms with Gasteiger partial charge in [-0.15, -0.1) is 0 Å². The molecule has 4 bridgehead atoms. The predicted molar refractivity (Wildman–Crippen MR) is 72.1 cm³/mol. The summed E-state index contributed by atoms with van der Waals surface area (Å²) < 4.78 is 11.1. The molecule has 3 N–H and O–H groups in total. The van der Waals surface area contributed by atoms with Crippen molar-refractivity contribution in [3.8, 4) is 0 Å². The van der Waals surface area contributed by atoms with Crippen molar-refractivity contribution in [2.24, 2.45) is 0 Å². The molecule has 4 fully saturated rings. The molecule has 4 rings (SSSR count). The van der Waals surface area contributed by atoms with Crippen LogP contribution in [-0.2, 0) is 14.3 Å². The number of aliphatic hydroxyl groups is 3. The van der Waals surface area contributed by atoms with Crippen LogP contribution in [0.2, 0.25) is 0 Å². The van der Waals surface area contributed by atoms with E-state index in [0.717, 1.165) is 0 Å². The van der Waals surface area contributed by atoms with Crippen LogP contribution in [0.25, 0.3) is 0 Å². The van der Waals surface area contributed by atoms with Gasteiger partial charge >= 0.3 is 5.97 Å². The number of hydrogen-bond acceptors (Lipinski definition) is 6. The van der Waals surface area contributed by atoms with Gasteiger partial charge in [0.05, 0.1) is 16.8 Å². The molecule has 0 aromatic heterocycles. The molecule has 4 saturated carbocycles. The lowest BCUT2D eigenvalue weighted by Gasteiger charge is -2.65. The average Bonchev–Trinajstić information content (AvgIpc) is 2.22. The second kappa shape index (κ2) is 4.29. The van der Waals surface area contributed by atoms with Gasteiger partial charge in [-0.1, -0.05) is 6.58 Å². The van der Waals surface area contributed by atoms with E-state index >= 15 is 0 Å². The molecule has 118 valence electrons. The molecule has 21 heavy (non-hydrogen) atoms. The molecule has 0 aromatic rings. The van der Waals surface area contributed by atoms with Crippen molar-refractivity contribution in [2.75, 3.05) is 6.79 Å². The second-order valence-electron chi connectivity index (χ2n) is 7.32. The molecule has 0 heterocycles. The van der Waals surface area contributed by atoms with Crippen molar-refractivity contribution in [3.05, 3.63) is 12.2 Å². The second-order valence-corrected chi connectivity index (χ2v) is 7.32. The Bertz CT molecular complexity index is 480. The van der Waals surface area contributed by atoms with Crippen molar-refractivity contribution in [1.82, 2.24) is 0 Å². The average molecular weight is 298 g/mol. The van der Waals surface area contributed by atoms with E-state index in [1.54, 1.807) is 6.92 Å². The first-order valence-electron chi connectivity index (χ1n) is 7.21. The standard InChI is InChI=1S/C15H22O6/c1-10(2)11(17)21-15-6-12(18)3-13(19,7-15)5-14(4-12,8-15)20-9-16/h16,18-19H,1,3-9H2,2H3. The molecule has 6 nitrogen and oxygen atoms in total. The third kappa shape index (κ3) is 2.40. The number of rotatable bonds is 4. The summed E-state index contributed by atoms with van der Waals surface area (Å²) in [6.45, 7) is 4.64. The predicted octanol–water partition coefficient (Wildman–Crippen LogP) is 0.393. The van der Waals surface area contributed by atoms with Gasteiger partial charge in [0.1, 0.15) is 12.4 Å². The van der Waals surface area contributed by atoms with Crippen LogP contribution < -0.4 is 0 Å². The van der Waals surface area contributed by atoms with Crippen LogP contribution in [-0.4, -0.2) is 50.5 Å². The van der Waals surface area contributed by atoms with Crippen molar-refractivity contribution in [1.29, 1.82) is 0 Å². The molecule has 6 heteroatoms. The van der Waals surface area contributed by atoms with Crippen LogP contribution in [0.3, 0.4) is 0 Å². The third-order valence-electron chi connectivity index (χ3n) is 4.94. The third-order valence-corrected chi connectivity index (χ3v) is 4.94. The van der Waals surface area contributed by atoms with Crippen LogP contribution in [0.5, 0.6) is 0 Å². The van der Waals surface area contributed by atoms with E-state index in [2.05, 4.69) is 6.58 Å². The number of ether oxygens (including phenoxy) is 2. The Morgan fingerprint density at radius 1 is 1.05 bits per heavy atom. The zero-order valence-electron chi connectivity index (χ0n) is 12.2. The number of esters is 1. The molecule has 0 aliphatic heterocycles. The molecule has 0 spiro atoms. The minimum Gasteiger partial charge on any atom is -0.455 e. The Kier molecular flexibility index (Phi) is 3.05. The first kappa shape index (κ1) is 15.0. The molecule has 0 saturated heterocycles. The summed E-state index contributed by atoms with van der Waals surface area (Å²) in [7, 11) is 0. The minimum atomic E-state index is -1.13. The highest BCUT2D eigenvalue weighted by molar-refractivity contribution is 5.87. The molecule has 0 aromatic carbocycles. The van der Waals surface area contributed by atoms with Crippen LogP contribution in [0.1, 0.15) is 45.4 Å². The fourth-order valence-corrected chi connectivity index (χ4v) is 5.03. The van der Waals surface area contributed by atoms with Gasteiger partial charge in [-0.05, 0) is 6.92 Å². The van der Waals surface area contributed by atoms with Gasteiger partial charge in [-0.25, -0.2) is 4.79 Å². The Labute approximate surface area is 123 Å². The van der Waals surface area contributed by atoms with E-state index in [9.17, 15) is 15.0 Å². The maximum atomic E-state index is 11.9. The summed E-state index contributed by atoms with van der Waals surface area (Å²) in [5.41, 5.74) is -3.78. The van der Waals surface area contributed by atoms with Crippen molar-refractivity contribution >= 4 is 5.97 Å². The highest BCUT2D eigenvalue weighted by Gasteiger charge is 2.70. The van der Waals surface area contributed by atoms with Gasteiger partial charge in [0, 0.05) is 44.1 Å². The zero-order chi connectivity index (χ0) is 15.5. The lowest BCUT2D eigenvalue weighted by Crippen LogP contribution is -2.73. The molecule has 4 aliphatic carbocycles. The molecule has 2 atom stereocenters. The summed E-state index contributed by atoms with van der Waals surface area (Å²) in [5.74, 6) is -0.525. The number of hydrogen-bond donors (Lipinski definition) is 3. The van der Waals surface area contributed by atoms with Gasteiger partial charge < -0.3 is 24.8 Å². The maximum Gasteiger partial charge on any atom is 0.333 e. The smallest absolute Gasteiger partial charge is 0.333 e. The van der Waals surface area contributed by atoms with E-state index in [1.165, 1.54) is 0 Å². The number of carbonyl (C=O) groups excluding carboxylic acids is 1. The van der Waals surface area contributed by atoms with Crippen LogP contribution >= 0.6 is 0 Å². The molecule has 0 radical (unpaired) electrons. The highest BCUT2D eigenvalue weighted by Crippen LogP contribution is 2.63. The molecular weight excluding hydrogens is 276 g/mol. The Morgan fingerprint density at radius 3 is 2.05 bits per heavy atom. The van der Waals surface area contributed by atoms with Crippen molar-refractivity contribution in [2.45, 2.75) is 67.9 Å². The Morgan fingerprint density at radius 2 is 1.57 bits per heavy atom. The van der Waals surface area contributed by atoms with Gasteiger partial charge in [0.15, 0.2) is 0 Å². The summed E-state index contributed by atoms with van der Waals surface area (Å²) in [6, 6.07) is 0. The highest BCUT2D eigenvalue weighted by atomic mass is 16.6. The first-order chi connectivity index (χ1) is 9.63. The van der Waals surface area contributed by atoms with Crippen molar-refractivity contribution < 1.29 is 29.6 Å². The van der Waals surface area contributed by atoms with Crippen molar-refractivity contribution in [3.63, 3.8) is 0 Å². The summed E-state index contributed by atoms with van der Waals surface area (Å²) >= 11 is 0. The van der Waals surface area contributed by atoms with Crippen LogP contribution in [0.4, 0.5) is 0 Å². The monoisotopic (exact) mass is 298 g/mol. The maximum absolute atomic E-state index is 11.9. The molecule has 2 unspecified atom stereocenters. The lowest BCUT2D eigenvalue weighted by molar-refractivity contribution is -0.318. The normalized spacial score (nSPS) is 47.4. The fraction of sp³-hybridized carbons (Fsp3) is 0.800. The van der Waals surface area contributed by atoms with Gasteiger partial charge in [0.2, 0.25) is 0 Å². The topological polar surface area (TPSA) is 96.2 Å². The Hall–Kier alpha value is -0.950. The van der Waals surface area contributed by atoms with E-state index in [1.807, 2.05) is 0 Å².